The van der Waals surface area contributed by atoms with E-state index in [1.165, 1.54) is 0 Å². The Balaban J connectivity index is 3.36. The van der Waals surface area contributed by atoms with Gasteiger partial charge in [-0.2, -0.15) is 0 Å². The van der Waals surface area contributed by atoms with Crippen molar-refractivity contribution < 1.29 is 9.47 Å². The number of ether oxygens (including phenoxy) is 2. The van der Waals surface area contributed by atoms with Crippen LogP contribution >= 0.6 is 0 Å². The average molecular weight is 200 g/mol. The van der Waals surface area contributed by atoms with Crippen molar-refractivity contribution >= 4 is 0 Å². The zero-order valence-electron chi connectivity index (χ0n) is 9.01. The van der Waals surface area contributed by atoms with Crippen molar-refractivity contribution in [2.24, 2.45) is 5.84 Å². The molecule has 4 nitrogen and oxygen atoms in total. The first-order valence-corrected chi connectivity index (χ1v) is 4.77. The van der Waals surface area contributed by atoms with E-state index >= 15 is 0 Å². The van der Waals surface area contributed by atoms with E-state index in [0.717, 1.165) is 12.8 Å². The number of hydrazine groups is 1. The van der Waals surface area contributed by atoms with Gasteiger partial charge in [0.1, 0.15) is 0 Å². The standard InChI is InChI=1S/C10H20N2O2/c1-3-4-5-10(12-11)6-7-14-9-8-13-2/h10,12H,5-9,11H2,1-2H3. The van der Waals surface area contributed by atoms with Crippen molar-refractivity contribution in [3.05, 3.63) is 0 Å². The van der Waals surface area contributed by atoms with Gasteiger partial charge in [0.25, 0.3) is 0 Å². The zero-order chi connectivity index (χ0) is 10.6. The molecule has 0 saturated heterocycles. The molecule has 0 heterocycles. The smallest absolute Gasteiger partial charge is 0.0700 e. The van der Waals surface area contributed by atoms with E-state index in [4.69, 9.17) is 15.3 Å². The monoisotopic (exact) mass is 200 g/mol. The summed E-state index contributed by atoms with van der Waals surface area (Å²) in [4.78, 5) is 0. The second-order valence-corrected chi connectivity index (χ2v) is 2.89. The number of methoxy groups -OCH3 is 1. The number of nitrogens with one attached hydrogen (secondary N) is 1. The first-order valence-electron chi connectivity index (χ1n) is 4.77. The molecule has 0 radical (unpaired) electrons. The largest absolute Gasteiger partial charge is 0.382 e. The molecular weight excluding hydrogens is 180 g/mol. The van der Waals surface area contributed by atoms with Crippen LogP contribution in [-0.4, -0.2) is 33.0 Å². The second-order valence-electron chi connectivity index (χ2n) is 2.89. The second kappa shape index (κ2) is 10.5. The fourth-order valence-corrected chi connectivity index (χ4v) is 0.939. The Hall–Kier alpha value is -0.600. The van der Waals surface area contributed by atoms with E-state index in [9.17, 15) is 0 Å². The highest BCUT2D eigenvalue weighted by Crippen LogP contribution is 1.96. The van der Waals surface area contributed by atoms with Crippen LogP contribution in [0.15, 0.2) is 0 Å². The average Bonchev–Trinajstić information content (AvgIpc) is 2.22. The molecule has 0 aliphatic heterocycles. The van der Waals surface area contributed by atoms with Gasteiger partial charge in [0, 0.05) is 26.2 Å². The van der Waals surface area contributed by atoms with Crippen LogP contribution in [0.25, 0.3) is 0 Å². The molecule has 0 saturated carbocycles. The van der Waals surface area contributed by atoms with Crippen molar-refractivity contribution in [3.8, 4) is 11.8 Å². The molecule has 0 aromatic rings. The fraction of sp³-hybridized carbons (Fsp3) is 0.800. The van der Waals surface area contributed by atoms with Crippen LogP contribution in [0, 0.1) is 11.8 Å². The Labute approximate surface area is 86.1 Å². The summed E-state index contributed by atoms with van der Waals surface area (Å²) in [5, 5.41) is 0. The van der Waals surface area contributed by atoms with Crippen LogP contribution in [-0.2, 0) is 9.47 Å². The Morgan fingerprint density at radius 3 is 2.71 bits per heavy atom. The summed E-state index contributed by atoms with van der Waals surface area (Å²) in [6, 6.07) is 0.213. The molecule has 1 unspecified atom stereocenters. The van der Waals surface area contributed by atoms with E-state index in [0.29, 0.717) is 19.8 Å². The summed E-state index contributed by atoms with van der Waals surface area (Å²) >= 11 is 0. The summed E-state index contributed by atoms with van der Waals surface area (Å²) in [6.07, 6.45) is 1.63. The first-order chi connectivity index (χ1) is 6.85. The normalized spacial score (nSPS) is 11.9. The van der Waals surface area contributed by atoms with Gasteiger partial charge in [-0.1, -0.05) is 0 Å². The lowest BCUT2D eigenvalue weighted by Gasteiger charge is -2.12. The van der Waals surface area contributed by atoms with Crippen LogP contribution in [0.1, 0.15) is 19.8 Å². The Morgan fingerprint density at radius 1 is 1.36 bits per heavy atom. The van der Waals surface area contributed by atoms with E-state index in [1.54, 1.807) is 7.11 Å². The van der Waals surface area contributed by atoms with Gasteiger partial charge in [-0.3, -0.25) is 11.3 Å². The van der Waals surface area contributed by atoms with Crippen molar-refractivity contribution in [2.75, 3.05) is 26.9 Å². The predicted molar refractivity (Wildman–Crippen MR) is 56.5 cm³/mol. The van der Waals surface area contributed by atoms with Gasteiger partial charge in [0.15, 0.2) is 0 Å². The third-order valence-electron chi connectivity index (χ3n) is 1.80. The van der Waals surface area contributed by atoms with Crippen LogP contribution in [0.3, 0.4) is 0 Å². The summed E-state index contributed by atoms with van der Waals surface area (Å²) in [6.45, 7) is 3.77. The van der Waals surface area contributed by atoms with Crippen molar-refractivity contribution in [1.29, 1.82) is 0 Å². The van der Waals surface area contributed by atoms with Crippen LogP contribution in [0.2, 0.25) is 0 Å². The van der Waals surface area contributed by atoms with Crippen LogP contribution in [0.5, 0.6) is 0 Å². The van der Waals surface area contributed by atoms with Gasteiger partial charge in [-0.25, -0.2) is 0 Å². The maximum atomic E-state index is 5.36. The van der Waals surface area contributed by atoms with Crippen molar-refractivity contribution in [3.63, 3.8) is 0 Å². The molecule has 0 spiro atoms. The van der Waals surface area contributed by atoms with Gasteiger partial charge in [-0.05, 0) is 13.3 Å². The SMILES string of the molecule is CC#CCC(CCOCCOC)NN. The molecule has 0 rings (SSSR count). The highest BCUT2D eigenvalue weighted by molar-refractivity contribution is 4.97. The summed E-state index contributed by atoms with van der Waals surface area (Å²) < 4.78 is 10.2. The van der Waals surface area contributed by atoms with E-state index < -0.39 is 0 Å². The van der Waals surface area contributed by atoms with Gasteiger partial charge in [0.05, 0.1) is 13.2 Å². The molecule has 0 bridgehead atoms. The fourth-order valence-electron chi connectivity index (χ4n) is 0.939. The summed E-state index contributed by atoms with van der Waals surface area (Å²) in [7, 11) is 1.66. The number of nitrogens with two attached hydrogens (primary N) is 1. The van der Waals surface area contributed by atoms with Gasteiger partial charge < -0.3 is 9.47 Å². The quantitative estimate of drug-likeness (QED) is 0.256. The molecule has 3 N–H and O–H groups in total. The Bertz CT molecular complexity index is 175. The minimum atomic E-state index is 0.213. The third kappa shape index (κ3) is 8.02. The number of hydrogen-bond donors (Lipinski definition) is 2. The van der Waals surface area contributed by atoms with Gasteiger partial charge >= 0.3 is 0 Å². The third-order valence-corrected chi connectivity index (χ3v) is 1.80. The highest BCUT2D eigenvalue weighted by Gasteiger charge is 2.03. The van der Waals surface area contributed by atoms with Gasteiger partial charge in [-0.15, -0.1) is 11.8 Å². The molecule has 0 aromatic heterocycles. The topological polar surface area (TPSA) is 56.5 Å². The molecule has 0 aromatic carbocycles. The van der Waals surface area contributed by atoms with E-state index in [1.807, 2.05) is 6.92 Å². The molecule has 82 valence electrons. The number of rotatable bonds is 8. The van der Waals surface area contributed by atoms with Crippen molar-refractivity contribution in [2.45, 2.75) is 25.8 Å². The molecule has 14 heavy (non-hydrogen) atoms. The summed E-state index contributed by atoms with van der Waals surface area (Å²) in [5.41, 5.74) is 2.71. The first kappa shape index (κ1) is 13.4. The highest BCUT2D eigenvalue weighted by atomic mass is 16.5. The Kier molecular flexibility index (Phi) is 10.0. The molecule has 0 amide bonds. The molecular formula is C10H20N2O2. The van der Waals surface area contributed by atoms with Gasteiger partial charge in [0.2, 0.25) is 0 Å². The van der Waals surface area contributed by atoms with Crippen LogP contribution < -0.4 is 11.3 Å². The molecule has 4 heteroatoms. The lowest BCUT2D eigenvalue weighted by molar-refractivity contribution is 0.0660. The number of hydrogen-bond acceptors (Lipinski definition) is 4. The van der Waals surface area contributed by atoms with Crippen LogP contribution in [0.4, 0.5) is 0 Å². The lowest BCUT2D eigenvalue weighted by Crippen LogP contribution is -2.35. The molecule has 0 fully saturated rings. The predicted octanol–water partition coefficient (Wildman–Crippen LogP) is 0.285. The van der Waals surface area contributed by atoms with E-state index in [2.05, 4.69) is 17.3 Å². The summed E-state index contributed by atoms with van der Waals surface area (Å²) in [5.74, 6) is 11.2. The minimum absolute atomic E-state index is 0.213. The lowest BCUT2D eigenvalue weighted by atomic mass is 10.1. The Morgan fingerprint density at radius 2 is 2.14 bits per heavy atom. The van der Waals surface area contributed by atoms with Crippen molar-refractivity contribution in [1.82, 2.24) is 5.43 Å². The maximum Gasteiger partial charge on any atom is 0.0700 e. The maximum absolute atomic E-state index is 5.36. The van der Waals surface area contributed by atoms with E-state index in [-0.39, 0.29) is 6.04 Å². The minimum Gasteiger partial charge on any atom is -0.382 e. The molecule has 0 aliphatic carbocycles. The molecule has 1 atom stereocenters. The zero-order valence-corrected chi connectivity index (χ0v) is 9.01. The molecule has 0 aliphatic rings.